The van der Waals surface area contributed by atoms with Crippen molar-refractivity contribution in [3.8, 4) is 5.75 Å². The van der Waals surface area contributed by atoms with Gasteiger partial charge in [-0.1, -0.05) is 24.3 Å². The van der Waals surface area contributed by atoms with Gasteiger partial charge in [0.05, 0.1) is 5.71 Å². The van der Waals surface area contributed by atoms with E-state index >= 15 is 0 Å². The summed E-state index contributed by atoms with van der Waals surface area (Å²) in [7, 11) is 0. The van der Waals surface area contributed by atoms with Gasteiger partial charge in [-0.25, -0.2) is 9.82 Å². The Bertz CT molecular complexity index is 1140. The van der Waals surface area contributed by atoms with Crippen LogP contribution in [0.25, 0.3) is 0 Å². The number of rotatable bonds is 6. The van der Waals surface area contributed by atoms with Gasteiger partial charge in [0.2, 0.25) is 0 Å². The Morgan fingerprint density at radius 2 is 1.62 bits per heavy atom. The first-order valence-electron chi connectivity index (χ1n) is 10.0. The molecule has 3 aromatic rings. The van der Waals surface area contributed by atoms with E-state index in [1.54, 1.807) is 49.4 Å². The van der Waals surface area contributed by atoms with E-state index in [0.29, 0.717) is 23.8 Å². The van der Waals surface area contributed by atoms with Crippen molar-refractivity contribution in [1.29, 1.82) is 0 Å². The van der Waals surface area contributed by atoms with Gasteiger partial charge in [-0.05, 0) is 85.5 Å². The van der Waals surface area contributed by atoms with E-state index in [-0.39, 0.29) is 5.82 Å². The minimum Gasteiger partial charge on any atom is -0.489 e. The topological polar surface area (TPSA) is 79.8 Å². The molecule has 0 aliphatic carbocycles. The van der Waals surface area contributed by atoms with Crippen molar-refractivity contribution in [3.63, 3.8) is 0 Å². The molecule has 32 heavy (non-hydrogen) atoms. The number of benzene rings is 3. The van der Waals surface area contributed by atoms with Crippen molar-refractivity contribution in [3.05, 3.63) is 94.8 Å². The number of nitrogens with zero attached hydrogens (tertiary/aromatic N) is 1. The molecule has 7 heteroatoms. The van der Waals surface area contributed by atoms with E-state index in [9.17, 15) is 14.0 Å². The molecule has 2 amide bonds. The lowest BCUT2D eigenvalue weighted by Crippen LogP contribution is -2.33. The lowest BCUT2D eigenvalue weighted by atomic mass is 10.1. The average Bonchev–Trinajstić information content (AvgIpc) is 2.79. The molecular formula is C25H24FN3O3. The number of anilines is 1. The van der Waals surface area contributed by atoms with Gasteiger partial charge < -0.3 is 10.1 Å². The van der Waals surface area contributed by atoms with Gasteiger partial charge in [0.1, 0.15) is 18.2 Å². The van der Waals surface area contributed by atoms with E-state index in [2.05, 4.69) is 15.8 Å². The zero-order valence-corrected chi connectivity index (χ0v) is 18.1. The quantitative estimate of drug-likeness (QED) is 0.341. The molecule has 0 spiro atoms. The molecule has 0 atom stereocenters. The molecule has 0 aromatic heterocycles. The number of aryl methyl sites for hydroxylation is 2. The van der Waals surface area contributed by atoms with Crippen molar-refractivity contribution in [2.75, 3.05) is 5.32 Å². The molecule has 0 aliphatic rings. The summed E-state index contributed by atoms with van der Waals surface area (Å²) in [4.78, 5) is 24.2. The molecule has 164 valence electrons. The third-order valence-electron chi connectivity index (χ3n) is 4.76. The molecule has 0 radical (unpaired) electrons. The molecule has 0 heterocycles. The summed E-state index contributed by atoms with van der Waals surface area (Å²) in [5, 5.41) is 6.60. The molecule has 0 saturated heterocycles. The molecule has 0 fully saturated rings. The van der Waals surface area contributed by atoms with Crippen LogP contribution in [-0.4, -0.2) is 17.5 Å². The Balaban J connectivity index is 1.54. The minimum atomic E-state index is -0.857. The second-order valence-electron chi connectivity index (χ2n) is 7.35. The molecule has 6 nitrogen and oxygen atoms in total. The third kappa shape index (κ3) is 6.25. The van der Waals surface area contributed by atoms with Gasteiger partial charge in [-0.15, -0.1) is 0 Å². The summed E-state index contributed by atoms with van der Waals surface area (Å²) in [6, 6.07) is 18.8. The van der Waals surface area contributed by atoms with E-state index in [1.807, 2.05) is 26.0 Å². The van der Waals surface area contributed by atoms with Gasteiger partial charge in [0, 0.05) is 5.69 Å². The number of hydrogen-bond donors (Lipinski definition) is 2. The van der Waals surface area contributed by atoms with Crippen LogP contribution in [0.4, 0.5) is 10.1 Å². The van der Waals surface area contributed by atoms with Gasteiger partial charge in [0.25, 0.3) is 0 Å². The summed E-state index contributed by atoms with van der Waals surface area (Å²) >= 11 is 0. The second-order valence-corrected chi connectivity index (χ2v) is 7.35. The first-order valence-corrected chi connectivity index (χ1v) is 10.0. The van der Waals surface area contributed by atoms with Gasteiger partial charge in [0.15, 0.2) is 0 Å². The molecule has 3 aromatic carbocycles. The largest absolute Gasteiger partial charge is 0.489 e. The van der Waals surface area contributed by atoms with Crippen molar-refractivity contribution < 1.29 is 18.7 Å². The monoisotopic (exact) mass is 433 g/mol. The third-order valence-corrected chi connectivity index (χ3v) is 4.76. The number of carbonyl (C=O) groups is 2. The lowest BCUT2D eigenvalue weighted by Gasteiger charge is -2.09. The predicted octanol–water partition coefficient (Wildman–Crippen LogP) is 4.50. The Labute approximate surface area is 186 Å². The SMILES string of the molecule is CC(=NNC(=O)C(=O)Nc1cc(C)ccc1C)c1ccc(OCc2ccc(F)cc2)cc1. The molecule has 0 aliphatic heterocycles. The number of carbonyl (C=O) groups excluding carboxylic acids is 2. The minimum absolute atomic E-state index is 0.289. The smallest absolute Gasteiger partial charge is 0.329 e. The van der Waals surface area contributed by atoms with Crippen LogP contribution in [0.2, 0.25) is 0 Å². The van der Waals surface area contributed by atoms with Gasteiger partial charge >= 0.3 is 11.8 Å². The fourth-order valence-corrected chi connectivity index (χ4v) is 2.84. The summed E-state index contributed by atoms with van der Waals surface area (Å²) in [6.45, 7) is 5.79. The number of amides is 2. The van der Waals surface area contributed by atoms with E-state index < -0.39 is 11.8 Å². The van der Waals surface area contributed by atoms with Crippen molar-refractivity contribution in [2.45, 2.75) is 27.4 Å². The zero-order valence-electron chi connectivity index (χ0n) is 18.1. The van der Waals surface area contributed by atoms with Crippen LogP contribution in [-0.2, 0) is 16.2 Å². The molecule has 0 unspecified atom stereocenters. The first kappa shape index (κ1) is 22.7. The van der Waals surface area contributed by atoms with Gasteiger partial charge in [-0.2, -0.15) is 5.10 Å². The van der Waals surface area contributed by atoms with Crippen LogP contribution < -0.4 is 15.5 Å². The Morgan fingerprint density at radius 1 is 0.938 bits per heavy atom. The van der Waals surface area contributed by atoms with Crippen LogP contribution in [0.5, 0.6) is 5.75 Å². The van der Waals surface area contributed by atoms with Crippen molar-refractivity contribution in [2.24, 2.45) is 5.10 Å². The van der Waals surface area contributed by atoms with Crippen LogP contribution in [0, 0.1) is 19.7 Å². The highest BCUT2D eigenvalue weighted by Gasteiger charge is 2.14. The average molecular weight is 433 g/mol. The Kier molecular flexibility index (Phi) is 7.33. The normalized spacial score (nSPS) is 11.1. The highest BCUT2D eigenvalue weighted by atomic mass is 19.1. The number of hydrazone groups is 1. The maximum atomic E-state index is 13.0. The molecular weight excluding hydrogens is 409 g/mol. The standard InChI is InChI=1S/C25H24FN3O3/c1-16-4-5-17(2)23(14-16)27-24(30)25(31)29-28-18(3)20-8-12-22(13-9-20)32-15-19-6-10-21(26)11-7-19/h4-14H,15H2,1-3H3,(H,27,30)(H,29,31). The number of halogens is 1. The summed E-state index contributed by atoms with van der Waals surface area (Å²) in [5.41, 5.74) is 6.84. The van der Waals surface area contributed by atoms with Crippen molar-refractivity contribution >= 4 is 23.2 Å². The summed E-state index contributed by atoms with van der Waals surface area (Å²) in [6.07, 6.45) is 0. The molecule has 0 bridgehead atoms. The van der Waals surface area contributed by atoms with Crippen LogP contribution in [0.3, 0.4) is 0 Å². The van der Waals surface area contributed by atoms with Crippen LogP contribution in [0.1, 0.15) is 29.2 Å². The van der Waals surface area contributed by atoms with Gasteiger partial charge in [-0.3, -0.25) is 9.59 Å². The van der Waals surface area contributed by atoms with E-state index in [1.165, 1.54) is 12.1 Å². The van der Waals surface area contributed by atoms with E-state index in [0.717, 1.165) is 22.3 Å². The Morgan fingerprint density at radius 3 is 2.31 bits per heavy atom. The molecule has 3 rings (SSSR count). The zero-order chi connectivity index (χ0) is 23.1. The number of nitrogens with one attached hydrogen (secondary N) is 2. The fourth-order valence-electron chi connectivity index (χ4n) is 2.84. The highest BCUT2D eigenvalue weighted by Crippen LogP contribution is 2.17. The first-order chi connectivity index (χ1) is 15.3. The van der Waals surface area contributed by atoms with Crippen LogP contribution >= 0.6 is 0 Å². The second kappa shape index (κ2) is 10.3. The Hall–Kier alpha value is -4.00. The molecule has 2 N–H and O–H groups in total. The van der Waals surface area contributed by atoms with E-state index in [4.69, 9.17) is 4.74 Å². The van der Waals surface area contributed by atoms with Crippen LogP contribution in [0.15, 0.2) is 71.8 Å². The van der Waals surface area contributed by atoms with Crippen molar-refractivity contribution in [1.82, 2.24) is 5.43 Å². The summed E-state index contributed by atoms with van der Waals surface area (Å²) in [5.74, 6) is -1.30. The summed E-state index contributed by atoms with van der Waals surface area (Å²) < 4.78 is 18.6. The highest BCUT2D eigenvalue weighted by molar-refractivity contribution is 6.39. The maximum absolute atomic E-state index is 13.0. The number of hydrogen-bond acceptors (Lipinski definition) is 4. The maximum Gasteiger partial charge on any atom is 0.329 e. The molecule has 0 saturated carbocycles. The number of ether oxygens (including phenoxy) is 1. The lowest BCUT2D eigenvalue weighted by molar-refractivity contribution is -0.136. The fraction of sp³-hybridized carbons (Fsp3) is 0.160. The predicted molar refractivity (Wildman–Crippen MR) is 122 cm³/mol.